The second kappa shape index (κ2) is 4.60. The highest BCUT2D eigenvalue weighted by atomic mass is 16.3. The second-order valence-corrected chi connectivity index (χ2v) is 3.30. The molecule has 0 fully saturated rings. The summed E-state index contributed by atoms with van der Waals surface area (Å²) in [5.41, 5.74) is 0.585. The van der Waals surface area contributed by atoms with Crippen molar-refractivity contribution < 1.29 is 9.90 Å². The zero-order valence-corrected chi connectivity index (χ0v) is 9.16. The summed E-state index contributed by atoms with van der Waals surface area (Å²) >= 11 is 0. The lowest BCUT2D eigenvalue weighted by atomic mass is 10.2. The molecule has 7 nitrogen and oxygen atoms in total. The largest absolute Gasteiger partial charge is 0.508 e. The molecule has 0 atom stereocenters. The van der Waals surface area contributed by atoms with Gasteiger partial charge in [-0.25, -0.2) is 0 Å². The zero-order valence-electron chi connectivity index (χ0n) is 9.16. The van der Waals surface area contributed by atoms with E-state index in [0.717, 1.165) is 0 Å². The molecule has 1 aromatic carbocycles. The summed E-state index contributed by atoms with van der Waals surface area (Å²) in [7, 11) is 0. The van der Waals surface area contributed by atoms with Gasteiger partial charge in [0.1, 0.15) is 5.75 Å². The minimum absolute atomic E-state index is 0.00445. The van der Waals surface area contributed by atoms with E-state index < -0.39 is 0 Å². The molecular formula is C10H11N5O2. The van der Waals surface area contributed by atoms with Crippen molar-refractivity contribution in [3.8, 4) is 5.75 Å². The minimum atomic E-state index is -0.369. The third kappa shape index (κ3) is 2.22. The third-order valence-corrected chi connectivity index (χ3v) is 2.24. The summed E-state index contributed by atoms with van der Waals surface area (Å²) in [6.45, 7) is 2.26. The first kappa shape index (κ1) is 11.1. The van der Waals surface area contributed by atoms with Gasteiger partial charge in [0.25, 0.3) is 11.7 Å². The number of aromatic nitrogens is 4. The Morgan fingerprint density at radius 1 is 1.53 bits per heavy atom. The number of anilines is 1. The topological polar surface area (TPSA) is 95.0 Å². The van der Waals surface area contributed by atoms with Crippen LogP contribution < -0.4 is 4.90 Å². The summed E-state index contributed by atoms with van der Waals surface area (Å²) in [4.78, 5) is 13.5. The number of amides is 1. The minimum Gasteiger partial charge on any atom is -0.508 e. The predicted molar refractivity (Wildman–Crippen MR) is 59.6 cm³/mol. The van der Waals surface area contributed by atoms with Crippen molar-refractivity contribution in [2.45, 2.75) is 6.92 Å². The Morgan fingerprint density at radius 3 is 2.94 bits per heavy atom. The van der Waals surface area contributed by atoms with Crippen molar-refractivity contribution in [1.82, 2.24) is 20.6 Å². The Bertz CT molecular complexity index is 511. The fraction of sp³-hybridized carbons (Fsp3) is 0.200. The van der Waals surface area contributed by atoms with Gasteiger partial charge in [-0.3, -0.25) is 4.79 Å². The van der Waals surface area contributed by atoms with Gasteiger partial charge in [0, 0.05) is 18.3 Å². The SMILES string of the molecule is CCN(C(=O)c1nn[nH]n1)c1cccc(O)c1. The number of rotatable bonds is 3. The number of aromatic amines is 1. The molecular weight excluding hydrogens is 222 g/mol. The maximum atomic E-state index is 12.0. The highest BCUT2D eigenvalue weighted by Crippen LogP contribution is 2.20. The van der Waals surface area contributed by atoms with Crippen molar-refractivity contribution >= 4 is 11.6 Å². The van der Waals surface area contributed by atoms with E-state index in [1.54, 1.807) is 12.1 Å². The average molecular weight is 233 g/mol. The first-order valence-electron chi connectivity index (χ1n) is 5.06. The van der Waals surface area contributed by atoms with E-state index in [4.69, 9.17) is 0 Å². The summed E-state index contributed by atoms with van der Waals surface area (Å²) in [6.07, 6.45) is 0. The number of tetrazole rings is 1. The monoisotopic (exact) mass is 233 g/mol. The normalized spacial score (nSPS) is 10.2. The van der Waals surface area contributed by atoms with Gasteiger partial charge in [0.05, 0.1) is 0 Å². The molecule has 0 bridgehead atoms. The first-order chi connectivity index (χ1) is 8.22. The summed E-state index contributed by atoms with van der Waals surface area (Å²) in [5, 5.41) is 22.2. The Balaban J connectivity index is 2.31. The van der Waals surface area contributed by atoms with E-state index in [2.05, 4.69) is 20.6 Å². The van der Waals surface area contributed by atoms with E-state index in [1.165, 1.54) is 17.0 Å². The number of phenols is 1. The maximum absolute atomic E-state index is 12.0. The maximum Gasteiger partial charge on any atom is 0.299 e. The molecule has 1 aromatic heterocycles. The van der Waals surface area contributed by atoms with Gasteiger partial charge in [-0.2, -0.15) is 5.21 Å². The molecule has 0 unspecified atom stereocenters. The van der Waals surface area contributed by atoms with Crippen LogP contribution in [0.25, 0.3) is 0 Å². The number of nitrogens with one attached hydrogen (secondary N) is 1. The molecule has 0 aliphatic heterocycles. The molecule has 1 amide bonds. The lowest BCUT2D eigenvalue weighted by Crippen LogP contribution is -2.31. The Kier molecular flexibility index (Phi) is 2.99. The van der Waals surface area contributed by atoms with Crippen molar-refractivity contribution in [2.75, 3.05) is 11.4 Å². The van der Waals surface area contributed by atoms with Gasteiger partial charge >= 0.3 is 0 Å². The molecule has 2 rings (SSSR count). The average Bonchev–Trinajstić information content (AvgIpc) is 2.83. The van der Waals surface area contributed by atoms with Crippen LogP contribution in [-0.4, -0.2) is 38.2 Å². The molecule has 0 aliphatic carbocycles. The van der Waals surface area contributed by atoms with E-state index in [-0.39, 0.29) is 17.5 Å². The standard InChI is InChI=1S/C10H11N5O2/c1-2-15(7-4-3-5-8(16)6-7)10(17)9-11-13-14-12-9/h3-6,16H,2H2,1H3,(H,11,12,13,14). The molecule has 88 valence electrons. The highest BCUT2D eigenvalue weighted by molar-refractivity contribution is 6.03. The molecule has 7 heteroatoms. The Hall–Kier alpha value is -2.44. The summed E-state index contributed by atoms with van der Waals surface area (Å²) < 4.78 is 0. The van der Waals surface area contributed by atoms with Crippen molar-refractivity contribution in [3.05, 3.63) is 30.1 Å². The number of hydrogen-bond donors (Lipinski definition) is 2. The molecule has 0 saturated heterocycles. The number of nitrogens with zero attached hydrogens (tertiary/aromatic N) is 4. The van der Waals surface area contributed by atoms with Gasteiger partial charge in [-0.05, 0) is 24.3 Å². The second-order valence-electron chi connectivity index (χ2n) is 3.30. The number of carbonyl (C=O) groups is 1. The highest BCUT2D eigenvalue weighted by Gasteiger charge is 2.20. The van der Waals surface area contributed by atoms with Crippen LogP contribution in [0.2, 0.25) is 0 Å². The molecule has 0 radical (unpaired) electrons. The van der Waals surface area contributed by atoms with Crippen molar-refractivity contribution in [2.24, 2.45) is 0 Å². The van der Waals surface area contributed by atoms with E-state index in [1.807, 2.05) is 6.92 Å². The predicted octanol–water partition coefficient (Wildman–Crippen LogP) is 0.572. The Labute approximate surface area is 97.1 Å². The summed E-state index contributed by atoms with van der Waals surface area (Å²) in [6, 6.07) is 6.43. The van der Waals surface area contributed by atoms with Crippen molar-refractivity contribution in [1.29, 1.82) is 0 Å². The molecule has 0 spiro atoms. The number of carbonyl (C=O) groups excluding carboxylic acids is 1. The van der Waals surface area contributed by atoms with Crippen LogP contribution in [0.4, 0.5) is 5.69 Å². The van der Waals surface area contributed by atoms with Crippen LogP contribution in [0.5, 0.6) is 5.75 Å². The van der Waals surface area contributed by atoms with Crippen LogP contribution in [0.3, 0.4) is 0 Å². The fourth-order valence-corrected chi connectivity index (χ4v) is 1.48. The van der Waals surface area contributed by atoms with Gasteiger partial charge in [-0.1, -0.05) is 6.07 Å². The molecule has 0 aliphatic rings. The quantitative estimate of drug-likeness (QED) is 0.808. The molecule has 1 heterocycles. The van der Waals surface area contributed by atoms with Crippen molar-refractivity contribution in [3.63, 3.8) is 0 Å². The molecule has 2 N–H and O–H groups in total. The number of H-pyrrole nitrogens is 1. The van der Waals surface area contributed by atoms with Crippen LogP contribution in [-0.2, 0) is 0 Å². The van der Waals surface area contributed by atoms with E-state index in [9.17, 15) is 9.90 Å². The molecule has 2 aromatic rings. The van der Waals surface area contributed by atoms with Crippen LogP contribution >= 0.6 is 0 Å². The first-order valence-corrected chi connectivity index (χ1v) is 5.06. The van der Waals surface area contributed by atoms with Gasteiger partial charge < -0.3 is 10.0 Å². The number of hydrogen-bond acceptors (Lipinski definition) is 5. The lowest BCUT2D eigenvalue weighted by molar-refractivity contribution is 0.0978. The molecule has 17 heavy (non-hydrogen) atoms. The van der Waals surface area contributed by atoms with Crippen LogP contribution in [0.1, 0.15) is 17.5 Å². The number of phenolic OH excluding ortho intramolecular Hbond substituents is 1. The number of benzene rings is 1. The smallest absolute Gasteiger partial charge is 0.299 e. The van der Waals surface area contributed by atoms with Gasteiger partial charge in [0.2, 0.25) is 0 Å². The van der Waals surface area contributed by atoms with E-state index >= 15 is 0 Å². The third-order valence-electron chi connectivity index (χ3n) is 2.24. The number of aromatic hydroxyl groups is 1. The van der Waals surface area contributed by atoms with Crippen LogP contribution in [0, 0.1) is 0 Å². The summed E-state index contributed by atoms with van der Waals surface area (Å²) in [5.74, 6) is -0.274. The van der Waals surface area contributed by atoms with E-state index in [0.29, 0.717) is 12.2 Å². The zero-order chi connectivity index (χ0) is 12.3. The van der Waals surface area contributed by atoms with Gasteiger partial charge in [0.15, 0.2) is 0 Å². The molecule has 0 saturated carbocycles. The lowest BCUT2D eigenvalue weighted by Gasteiger charge is -2.19. The van der Waals surface area contributed by atoms with Gasteiger partial charge in [-0.15, -0.1) is 10.2 Å². The van der Waals surface area contributed by atoms with Crippen LogP contribution in [0.15, 0.2) is 24.3 Å². The fourth-order valence-electron chi connectivity index (χ4n) is 1.48. The Morgan fingerprint density at radius 2 is 2.35 bits per heavy atom.